The van der Waals surface area contributed by atoms with E-state index >= 15 is 0 Å². The van der Waals surface area contributed by atoms with Gasteiger partial charge in [0, 0.05) is 17.1 Å². The summed E-state index contributed by atoms with van der Waals surface area (Å²) in [5, 5.41) is 5.45. The molecular formula is C87H109NS. The number of fused-ring (bicyclic) bond motifs is 16. The van der Waals surface area contributed by atoms with E-state index in [0.29, 0.717) is 0 Å². The Bertz CT molecular complexity index is 3850. The van der Waals surface area contributed by atoms with Crippen LogP contribution in [-0.2, 0) is 22.7 Å². The Labute approximate surface area is 543 Å². The van der Waals surface area contributed by atoms with Gasteiger partial charge in [0.2, 0.25) is 0 Å². The van der Waals surface area contributed by atoms with Crippen molar-refractivity contribution in [2.45, 2.75) is 179 Å². The molecule has 0 amide bonds. The molecule has 3 aliphatic carbocycles. The number of allylic oxidation sites excluding steroid dienone is 1. The average Bonchev–Trinajstić information content (AvgIpc) is 1.52. The molecule has 1 atom stereocenters. The van der Waals surface area contributed by atoms with Gasteiger partial charge in [-0.2, -0.15) is 0 Å². The Balaban J connectivity index is 0.000000350. The minimum atomic E-state index is -0.868. The standard InChI is InChI=1S/C57H51NS.C11H16.C8H10.C3H8.4C2H6/c1-36-20-30-47-48-31-27-40(58(38-23-21-37(22-24-38)56(2,3)4)39-25-28-41(29-26-39)59(5,6)7)33-54(48)57(53(47)32-36)52-19-13-12-18-46(52)51-34-49-44-16-10-8-14-42(44)43-15-9-11-17-45(43)50(49)35-55(51)57;1-9-5-7-10(8-6-9)11(2,3)4;1-7-3-5-8(2)6-4-7;1-3-2;4*1-2/h9-13,15-35H,8,14H2,1-7H3;5-8H,1-4H3;3-6H,1-2H3;3H2,1-2H3;4*1-2H3. The van der Waals surface area contributed by atoms with Crippen molar-refractivity contribution in [1.82, 2.24) is 0 Å². The van der Waals surface area contributed by atoms with Crippen molar-refractivity contribution in [2.24, 2.45) is 0 Å². The third-order valence-corrected chi connectivity index (χ3v) is 18.3. The van der Waals surface area contributed by atoms with Crippen molar-refractivity contribution in [2.75, 3.05) is 23.7 Å². The Morgan fingerprint density at radius 3 is 1.34 bits per heavy atom. The molecule has 1 unspecified atom stereocenters. The van der Waals surface area contributed by atoms with Gasteiger partial charge in [-0.3, -0.25) is 0 Å². The van der Waals surface area contributed by atoms with Crippen LogP contribution >= 0.6 is 10.0 Å². The van der Waals surface area contributed by atoms with E-state index < -0.39 is 15.4 Å². The number of rotatable bonds is 4. The van der Waals surface area contributed by atoms with Crippen LogP contribution < -0.4 is 4.90 Å². The molecule has 0 aliphatic heterocycles. The van der Waals surface area contributed by atoms with E-state index in [4.69, 9.17) is 0 Å². The maximum atomic E-state index is 2.60. The second-order valence-electron chi connectivity index (χ2n) is 25.8. The molecule has 10 aromatic rings. The molecule has 0 saturated carbocycles. The topological polar surface area (TPSA) is 3.24 Å². The Morgan fingerprint density at radius 1 is 0.393 bits per heavy atom. The summed E-state index contributed by atoms with van der Waals surface area (Å²) >= 11 is 0. The summed E-state index contributed by atoms with van der Waals surface area (Å²) in [5.74, 6) is 0. The van der Waals surface area contributed by atoms with Crippen molar-refractivity contribution in [3.05, 3.63) is 267 Å². The smallest absolute Gasteiger partial charge is 0.0726 e. The van der Waals surface area contributed by atoms with E-state index in [-0.39, 0.29) is 10.8 Å². The molecule has 2 heteroatoms. The molecule has 0 N–H and O–H groups in total. The predicted molar refractivity (Wildman–Crippen MR) is 404 cm³/mol. The molecule has 0 aromatic heterocycles. The largest absolute Gasteiger partial charge is 0.310 e. The third kappa shape index (κ3) is 15.1. The quantitative estimate of drug-likeness (QED) is 0.159. The Morgan fingerprint density at radius 2 is 0.809 bits per heavy atom. The van der Waals surface area contributed by atoms with Crippen LogP contribution in [0.2, 0.25) is 0 Å². The van der Waals surface area contributed by atoms with Gasteiger partial charge in [-0.25, -0.2) is 10.0 Å². The molecule has 13 rings (SSSR count). The normalized spacial score (nSPS) is 13.7. The SMILES string of the molecule is CC.CC.CC.CC.CCC.Cc1ccc(C(C)(C)C)cc1.Cc1ccc(C)cc1.Cc1ccc2c(c1)C1(c3ccccc3-c3cc4c5c(c6ccccc6c4cc31)CCC=C5)c1cc(N(c3ccc(C(C)(C)C)cc3)c3ccc(S(C)(C)C)cc3)ccc1-2. The molecule has 468 valence electrons. The molecule has 1 spiro atoms. The maximum Gasteiger partial charge on any atom is 0.0726 e. The summed E-state index contributed by atoms with van der Waals surface area (Å²) in [7, 11) is -0.868. The lowest BCUT2D eigenvalue weighted by Gasteiger charge is -2.33. The number of anilines is 3. The van der Waals surface area contributed by atoms with Crippen LogP contribution in [0.3, 0.4) is 0 Å². The van der Waals surface area contributed by atoms with Crippen molar-refractivity contribution >= 4 is 54.7 Å². The van der Waals surface area contributed by atoms with Gasteiger partial charge in [0.1, 0.15) is 0 Å². The Kier molecular flexibility index (Phi) is 24.5. The molecule has 10 aromatic carbocycles. The van der Waals surface area contributed by atoms with Crippen LogP contribution in [-0.4, -0.2) is 18.8 Å². The minimum absolute atomic E-state index is 0.0681. The lowest BCUT2D eigenvalue weighted by Crippen LogP contribution is -2.26. The first-order valence-electron chi connectivity index (χ1n) is 33.5. The average molecular weight is 1200 g/mol. The van der Waals surface area contributed by atoms with Gasteiger partial charge in [-0.15, -0.1) is 0 Å². The first-order chi connectivity index (χ1) is 42.6. The molecule has 0 heterocycles. The number of nitrogens with zero attached hydrogens (tertiary/aromatic N) is 1. The fourth-order valence-corrected chi connectivity index (χ4v) is 13.3. The number of hydrogen-bond acceptors (Lipinski definition) is 1. The summed E-state index contributed by atoms with van der Waals surface area (Å²) in [5.41, 5.74) is 25.1. The second-order valence-corrected chi connectivity index (χ2v) is 30.0. The van der Waals surface area contributed by atoms with Crippen molar-refractivity contribution < 1.29 is 0 Å². The van der Waals surface area contributed by atoms with E-state index in [2.05, 4.69) is 313 Å². The van der Waals surface area contributed by atoms with Crippen LogP contribution in [0, 0.1) is 27.7 Å². The van der Waals surface area contributed by atoms with Gasteiger partial charge >= 0.3 is 0 Å². The van der Waals surface area contributed by atoms with Crippen molar-refractivity contribution in [3.63, 3.8) is 0 Å². The highest BCUT2D eigenvalue weighted by molar-refractivity contribution is 8.32. The summed E-state index contributed by atoms with van der Waals surface area (Å²) in [4.78, 5) is 3.89. The van der Waals surface area contributed by atoms with E-state index in [1.807, 2.05) is 55.4 Å². The predicted octanol–water partition coefficient (Wildman–Crippen LogP) is 26.5. The van der Waals surface area contributed by atoms with E-state index in [9.17, 15) is 0 Å². The monoisotopic (exact) mass is 1200 g/mol. The van der Waals surface area contributed by atoms with E-state index in [1.54, 1.807) is 0 Å². The molecule has 0 radical (unpaired) electrons. The molecule has 0 saturated heterocycles. The van der Waals surface area contributed by atoms with Gasteiger partial charge < -0.3 is 4.90 Å². The lowest BCUT2D eigenvalue weighted by atomic mass is 9.69. The zero-order valence-electron chi connectivity index (χ0n) is 59.1. The summed E-state index contributed by atoms with van der Waals surface area (Å²) in [6, 6.07) is 73.9. The lowest BCUT2D eigenvalue weighted by molar-refractivity contribution is 0.590. The molecule has 0 bridgehead atoms. The van der Waals surface area contributed by atoms with Crippen LogP contribution in [0.15, 0.2) is 205 Å². The van der Waals surface area contributed by atoms with Crippen molar-refractivity contribution in [1.29, 1.82) is 0 Å². The first-order valence-corrected chi connectivity index (χ1v) is 36.3. The summed E-state index contributed by atoms with van der Waals surface area (Å²) in [6.07, 6.45) is 15.3. The van der Waals surface area contributed by atoms with Crippen molar-refractivity contribution in [3.8, 4) is 22.3 Å². The van der Waals surface area contributed by atoms with Gasteiger partial charge in [0.15, 0.2) is 0 Å². The van der Waals surface area contributed by atoms with E-state index in [0.717, 1.165) is 18.5 Å². The second kappa shape index (κ2) is 30.9. The Hall–Kier alpha value is -7.39. The molecule has 3 aliphatic rings. The molecular weight excluding hydrogens is 1090 g/mol. The first kappa shape index (κ1) is 70.7. The van der Waals surface area contributed by atoms with Gasteiger partial charge in [-0.05, 0) is 224 Å². The van der Waals surface area contributed by atoms with Crippen LogP contribution in [0.4, 0.5) is 17.1 Å². The van der Waals surface area contributed by atoms with Gasteiger partial charge in [-0.1, -0.05) is 285 Å². The minimum Gasteiger partial charge on any atom is -0.310 e. The number of hydrogen-bond donors (Lipinski definition) is 0. The molecule has 1 nitrogen and oxygen atoms in total. The zero-order valence-corrected chi connectivity index (χ0v) is 59.9. The molecule has 89 heavy (non-hydrogen) atoms. The van der Waals surface area contributed by atoms with Gasteiger partial charge in [0.25, 0.3) is 0 Å². The fraction of sp³-hybridized carbons (Fsp3) is 0.333. The summed E-state index contributed by atoms with van der Waals surface area (Å²) in [6.45, 7) is 42.4. The third-order valence-electron chi connectivity index (χ3n) is 16.7. The van der Waals surface area contributed by atoms with Crippen LogP contribution in [0.25, 0.3) is 49.9 Å². The van der Waals surface area contributed by atoms with Crippen LogP contribution in [0.1, 0.15) is 190 Å². The fourth-order valence-electron chi connectivity index (χ4n) is 12.3. The van der Waals surface area contributed by atoms with Crippen LogP contribution in [0.5, 0.6) is 0 Å². The highest BCUT2D eigenvalue weighted by Crippen LogP contribution is 2.64. The highest BCUT2D eigenvalue weighted by atomic mass is 32.3. The molecule has 0 fully saturated rings. The van der Waals surface area contributed by atoms with Gasteiger partial charge in [0.05, 0.1) is 5.41 Å². The van der Waals surface area contributed by atoms with E-state index in [1.165, 1.54) is 133 Å². The summed E-state index contributed by atoms with van der Waals surface area (Å²) < 4.78 is 0. The zero-order chi connectivity index (χ0) is 65.6. The highest BCUT2D eigenvalue weighted by Gasteiger charge is 2.52. The number of aryl methyl sites for hydroxylation is 5. The maximum absolute atomic E-state index is 2.60. The number of benzene rings is 10.